The number of carbonyl (C=O) groups excluding carboxylic acids is 1. The van der Waals surface area contributed by atoms with E-state index in [0.717, 1.165) is 16.8 Å². The second-order valence-electron chi connectivity index (χ2n) is 8.61. The molecular weight excluding hydrogens is 470 g/mol. The van der Waals surface area contributed by atoms with Crippen molar-refractivity contribution in [3.05, 3.63) is 82.9 Å². The summed E-state index contributed by atoms with van der Waals surface area (Å²) in [7, 11) is 1.60. The van der Waals surface area contributed by atoms with Gasteiger partial charge in [-0.05, 0) is 68.5 Å². The average Bonchev–Trinajstić information content (AvgIpc) is 2.81. The molecule has 0 spiro atoms. The molecular formula is C26H24ClN3O3S. The number of halogens is 1. The Bertz CT molecular complexity index is 1270. The third kappa shape index (κ3) is 3.65. The third-order valence-corrected chi connectivity index (χ3v) is 6.95. The monoisotopic (exact) mass is 493 g/mol. The Kier molecular flexibility index (Phi) is 5.62. The van der Waals surface area contributed by atoms with Gasteiger partial charge in [0.05, 0.1) is 13.2 Å². The van der Waals surface area contributed by atoms with E-state index < -0.39 is 17.7 Å². The van der Waals surface area contributed by atoms with Crippen LogP contribution in [0.25, 0.3) is 0 Å². The topological polar surface area (TPSA) is 62.8 Å². The molecule has 2 heterocycles. The summed E-state index contributed by atoms with van der Waals surface area (Å²) < 4.78 is 12.3. The van der Waals surface area contributed by atoms with Gasteiger partial charge in [-0.15, -0.1) is 0 Å². The first kappa shape index (κ1) is 22.5. The highest BCUT2D eigenvalue weighted by atomic mass is 35.5. The van der Waals surface area contributed by atoms with Gasteiger partial charge in [-0.2, -0.15) is 0 Å². The number of nitrogens with one attached hydrogen (secondary N) is 2. The second kappa shape index (κ2) is 8.49. The Morgan fingerprint density at radius 1 is 1.15 bits per heavy atom. The first-order valence-corrected chi connectivity index (χ1v) is 11.7. The number of hydrogen-bond acceptors (Lipinski definition) is 4. The van der Waals surface area contributed by atoms with Crippen LogP contribution < -0.4 is 25.0 Å². The Balaban J connectivity index is 1.64. The lowest BCUT2D eigenvalue weighted by atomic mass is 9.78. The number of fused-ring (bicyclic) bond motifs is 4. The molecule has 0 aliphatic carbocycles. The number of amides is 1. The minimum absolute atomic E-state index is 0.199. The van der Waals surface area contributed by atoms with E-state index in [0.29, 0.717) is 27.3 Å². The number of hydrogen-bond donors (Lipinski definition) is 2. The van der Waals surface area contributed by atoms with Gasteiger partial charge in [0.15, 0.2) is 22.3 Å². The molecule has 3 aromatic carbocycles. The number of ether oxygens (including phenoxy) is 2. The lowest BCUT2D eigenvalue weighted by Crippen LogP contribution is -2.72. The molecule has 6 nitrogen and oxygen atoms in total. The first-order valence-electron chi connectivity index (χ1n) is 10.9. The molecule has 3 atom stereocenters. The van der Waals surface area contributed by atoms with Crippen molar-refractivity contribution in [3.63, 3.8) is 0 Å². The number of nitrogens with zero attached hydrogens (tertiary/aromatic N) is 1. The predicted octanol–water partition coefficient (Wildman–Crippen LogP) is 5.46. The highest BCUT2D eigenvalue weighted by molar-refractivity contribution is 7.80. The molecule has 2 N–H and O–H groups in total. The minimum Gasteiger partial charge on any atom is -0.493 e. The highest BCUT2D eigenvalue weighted by Crippen LogP contribution is 2.52. The minimum atomic E-state index is -1.12. The van der Waals surface area contributed by atoms with E-state index in [9.17, 15) is 4.79 Å². The van der Waals surface area contributed by atoms with Gasteiger partial charge < -0.3 is 20.1 Å². The summed E-state index contributed by atoms with van der Waals surface area (Å²) in [4.78, 5) is 15.7. The zero-order chi connectivity index (χ0) is 24.0. The highest BCUT2D eigenvalue weighted by Gasteiger charge is 2.59. The van der Waals surface area contributed by atoms with Crippen LogP contribution >= 0.6 is 23.8 Å². The van der Waals surface area contributed by atoms with Crippen LogP contribution in [0.3, 0.4) is 0 Å². The molecule has 1 fully saturated rings. The maximum atomic E-state index is 13.8. The summed E-state index contributed by atoms with van der Waals surface area (Å²) in [5.74, 6) is 0.357. The van der Waals surface area contributed by atoms with E-state index in [-0.39, 0.29) is 5.91 Å². The lowest BCUT2D eigenvalue weighted by molar-refractivity contribution is -0.130. The number of anilines is 2. The third-order valence-electron chi connectivity index (χ3n) is 6.40. The lowest BCUT2D eigenvalue weighted by Gasteiger charge is -2.56. The van der Waals surface area contributed by atoms with Crippen LogP contribution in [0.15, 0.2) is 66.7 Å². The molecule has 2 bridgehead atoms. The van der Waals surface area contributed by atoms with Crippen LogP contribution in [0.2, 0.25) is 5.02 Å². The maximum Gasteiger partial charge on any atom is 0.236 e. The van der Waals surface area contributed by atoms with E-state index in [4.69, 9.17) is 33.3 Å². The number of aryl methyl sites for hydroxylation is 1. The molecule has 8 heteroatoms. The average molecular weight is 494 g/mol. The van der Waals surface area contributed by atoms with Crippen LogP contribution in [-0.4, -0.2) is 23.9 Å². The summed E-state index contributed by atoms with van der Waals surface area (Å²) >= 11 is 11.8. The van der Waals surface area contributed by atoms with Crippen molar-refractivity contribution < 1.29 is 14.3 Å². The van der Waals surface area contributed by atoms with Crippen LogP contribution in [0.5, 0.6) is 11.5 Å². The van der Waals surface area contributed by atoms with Crippen LogP contribution in [0, 0.1) is 12.8 Å². The van der Waals surface area contributed by atoms with Crippen molar-refractivity contribution in [2.45, 2.75) is 25.6 Å². The first-order chi connectivity index (χ1) is 16.3. The van der Waals surface area contributed by atoms with Crippen LogP contribution in [0.4, 0.5) is 11.4 Å². The normalized spacial score (nSPS) is 22.8. The number of methoxy groups -OCH3 is 1. The molecule has 0 aromatic heterocycles. The van der Waals surface area contributed by atoms with Gasteiger partial charge in [0.25, 0.3) is 0 Å². The molecule has 0 unspecified atom stereocenters. The summed E-state index contributed by atoms with van der Waals surface area (Å²) in [5.41, 5.74) is 2.29. The Morgan fingerprint density at radius 2 is 1.85 bits per heavy atom. The van der Waals surface area contributed by atoms with Gasteiger partial charge in [0.2, 0.25) is 5.91 Å². The molecule has 5 rings (SSSR count). The molecule has 0 radical (unpaired) electrons. The fraction of sp³-hybridized carbons (Fsp3) is 0.231. The van der Waals surface area contributed by atoms with Crippen molar-refractivity contribution in [2.75, 3.05) is 17.3 Å². The zero-order valence-electron chi connectivity index (χ0n) is 19.0. The van der Waals surface area contributed by atoms with Gasteiger partial charge in [-0.1, -0.05) is 41.4 Å². The number of rotatable bonds is 4. The number of carbonyl (C=O) groups is 1. The van der Waals surface area contributed by atoms with E-state index in [1.165, 1.54) is 0 Å². The van der Waals surface area contributed by atoms with Crippen molar-refractivity contribution in [2.24, 2.45) is 5.92 Å². The van der Waals surface area contributed by atoms with Crippen molar-refractivity contribution in [1.29, 1.82) is 0 Å². The SMILES string of the molecule is COc1cccc2c1O[C@]1(C)[C@H](C(=O)Nc3ccc(Cl)cc3)[C@H]2NC(=S)N1c1ccc(C)cc1. The van der Waals surface area contributed by atoms with Crippen LogP contribution in [-0.2, 0) is 4.79 Å². The van der Waals surface area contributed by atoms with Crippen molar-refractivity contribution in [3.8, 4) is 11.5 Å². The molecule has 174 valence electrons. The Labute approximate surface area is 208 Å². The summed E-state index contributed by atoms with van der Waals surface area (Å²) in [6.07, 6.45) is 0. The van der Waals surface area contributed by atoms with Gasteiger partial charge in [0, 0.05) is 22.0 Å². The predicted molar refractivity (Wildman–Crippen MR) is 138 cm³/mol. The maximum absolute atomic E-state index is 13.8. The summed E-state index contributed by atoms with van der Waals surface area (Å²) in [5, 5.41) is 7.52. The molecule has 2 aliphatic heterocycles. The van der Waals surface area contributed by atoms with Crippen LogP contribution in [0.1, 0.15) is 24.1 Å². The Hall–Kier alpha value is -3.29. The molecule has 3 aromatic rings. The molecule has 0 saturated carbocycles. The van der Waals surface area contributed by atoms with Gasteiger partial charge >= 0.3 is 0 Å². The molecule has 34 heavy (non-hydrogen) atoms. The van der Waals surface area contributed by atoms with E-state index in [2.05, 4.69) is 10.6 Å². The number of para-hydroxylation sites is 1. The fourth-order valence-electron chi connectivity index (χ4n) is 4.77. The quantitative estimate of drug-likeness (QED) is 0.471. The van der Waals surface area contributed by atoms with E-state index >= 15 is 0 Å². The number of thiocarbonyl (C=S) groups is 1. The van der Waals surface area contributed by atoms with E-state index in [1.54, 1.807) is 31.4 Å². The molecule has 1 amide bonds. The smallest absolute Gasteiger partial charge is 0.236 e. The largest absolute Gasteiger partial charge is 0.493 e. The van der Waals surface area contributed by atoms with Gasteiger partial charge in [0.1, 0.15) is 5.92 Å². The summed E-state index contributed by atoms with van der Waals surface area (Å²) in [6, 6.07) is 20.2. The standard InChI is InChI=1S/C26H24ClN3O3S/c1-15-7-13-18(14-8-15)30-25(34)29-22-19-5-4-6-20(32-3)23(19)33-26(30,2)21(22)24(31)28-17-11-9-16(27)10-12-17/h4-14,21-22H,1-3H3,(H,28,31)(H,29,34)/t21-,22-,26+/m0/s1. The fourth-order valence-corrected chi connectivity index (χ4v) is 5.31. The molecule has 1 saturated heterocycles. The van der Waals surface area contributed by atoms with Gasteiger partial charge in [-0.3, -0.25) is 9.69 Å². The van der Waals surface area contributed by atoms with Crippen molar-refractivity contribution in [1.82, 2.24) is 5.32 Å². The Morgan fingerprint density at radius 3 is 2.53 bits per heavy atom. The second-order valence-corrected chi connectivity index (χ2v) is 9.43. The van der Waals surface area contributed by atoms with E-state index in [1.807, 2.05) is 61.2 Å². The summed E-state index contributed by atoms with van der Waals surface area (Å²) in [6.45, 7) is 3.92. The van der Waals surface area contributed by atoms with Gasteiger partial charge in [-0.25, -0.2) is 0 Å². The zero-order valence-corrected chi connectivity index (χ0v) is 20.5. The number of benzene rings is 3. The molecule has 2 aliphatic rings. The van der Waals surface area contributed by atoms with Crippen molar-refractivity contribution >= 4 is 46.2 Å².